The van der Waals surface area contributed by atoms with E-state index in [-0.39, 0.29) is 11.3 Å². The topological polar surface area (TPSA) is 175 Å². The van der Waals surface area contributed by atoms with Crippen LogP contribution in [0.1, 0.15) is 25.7 Å². The first-order chi connectivity index (χ1) is 18.8. The van der Waals surface area contributed by atoms with Crippen LogP contribution in [0.15, 0.2) is 77.0 Å². The molecule has 2 atom stereocenters. The van der Waals surface area contributed by atoms with Gasteiger partial charge in [-0.2, -0.15) is 4.72 Å². The maximum Gasteiger partial charge on any atom is 0.323 e. The number of amides is 1. The fourth-order valence-electron chi connectivity index (χ4n) is 3.99. The average molecular weight is 555 g/mol. The van der Waals surface area contributed by atoms with E-state index in [9.17, 15) is 23.1 Å². The van der Waals surface area contributed by atoms with Gasteiger partial charge in [-0.25, -0.2) is 13.4 Å². The number of carbonyl (C=O) groups excluding carboxylic acids is 1. The molecule has 0 saturated heterocycles. The maximum absolute atomic E-state index is 12.8. The molecule has 0 spiro atoms. The predicted molar refractivity (Wildman–Crippen MR) is 144 cm³/mol. The quantitative estimate of drug-likeness (QED) is 0.189. The summed E-state index contributed by atoms with van der Waals surface area (Å²) >= 11 is 0. The minimum absolute atomic E-state index is 0.0301. The van der Waals surface area contributed by atoms with Crippen molar-refractivity contribution < 1.29 is 28.0 Å². The van der Waals surface area contributed by atoms with Gasteiger partial charge in [-0.15, -0.1) is 0 Å². The number of carboxylic acid groups (broad SMARTS) is 1. The van der Waals surface area contributed by atoms with E-state index in [4.69, 9.17) is 4.84 Å². The number of nitrogens with zero attached hydrogens (tertiary/aromatic N) is 2. The molecule has 1 aliphatic heterocycles. The molecule has 0 bridgehead atoms. The number of hydrogen-bond donors (Lipinski definition) is 5. The van der Waals surface area contributed by atoms with Crippen LogP contribution >= 0.6 is 0 Å². The lowest BCUT2D eigenvalue weighted by Gasteiger charge is -2.16. The molecule has 5 N–H and O–H groups in total. The summed E-state index contributed by atoms with van der Waals surface area (Å²) in [6.07, 6.45) is 4.88. The first kappa shape index (κ1) is 27.8. The molecule has 0 aliphatic carbocycles. The molecule has 3 aromatic rings. The van der Waals surface area contributed by atoms with Crippen molar-refractivity contribution >= 4 is 33.6 Å². The first-order valence-corrected chi connectivity index (χ1v) is 13.9. The SMILES string of the molecule is O=C(CC1CC(CCCNc2ncc[nH]2)=NO1)NCC(NS(=O)(=O)c1ccc(-c2ccccc2)cc1)C(=O)O. The van der Waals surface area contributed by atoms with E-state index < -0.39 is 40.6 Å². The number of carbonyl (C=O) groups is 2. The Balaban J connectivity index is 1.21. The highest BCUT2D eigenvalue weighted by Crippen LogP contribution is 2.21. The van der Waals surface area contributed by atoms with E-state index in [1.54, 1.807) is 24.5 Å². The number of H-pyrrole nitrogens is 1. The monoisotopic (exact) mass is 554 g/mol. The molecule has 1 aromatic heterocycles. The Morgan fingerprint density at radius 3 is 2.54 bits per heavy atom. The van der Waals surface area contributed by atoms with E-state index >= 15 is 0 Å². The molecule has 2 unspecified atom stereocenters. The minimum Gasteiger partial charge on any atom is -0.480 e. The molecular formula is C26H30N6O6S. The second-order valence-electron chi connectivity index (χ2n) is 8.97. The summed E-state index contributed by atoms with van der Waals surface area (Å²) in [6.45, 7) is 0.274. The van der Waals surface area contributed by atoms with Crippen molar-refractivity contribution in [2.24, 2.45) is 5.16 Å². The van der Waals surface area contributed by atoms with Gasteiger partial charge in [-0.3, -0.25) is 9.59 Å². The van der Waals surface area contributed by atoms with E-state index in [2.05, 4.69) is 30.5 Å². The molecule has 206 valence electrons. The van der Waals surface area contributed by atoms with Crippen molar-refractivity contribution in [2.75, 3.05) is 18.4 Å². The Morgan fingerprint density at radius 2 is 1.85 bits per heavy atom. The summed E-state index contributed by atoms with van der Waals surface area (Å²) in [7, 11) is -4.14. The van der Waals surface area contributed by atoms with Crippen molar-refractivity contribution in [1.82, 2.24) is 20.0 Å². The second-order valence-corrected chi connectivity index (χ2v) is 10.7. The summed E-state index contributed by atoms with van der Waals surface area (Å²) in [4.78, 5) is 36.4. The summed E-state index contributed by atoms with van der Waals surface area (Å²) in [6, 6.07) is 14.0. The second kappa shape index (κ2) is 13.0. The molecule has 0 radical (unpaired) electrons. The highest BCUT2D eigenvalue weighted by molar-refractivity contribution is 7.89. The van der Waals surface area contributed by atoms with Crippen molar-refractivity contribution in [3.05, 3.63) is 67.0 Å². The molecule has 2 aromatic carbocycles. The van der Waals surface area contributed by atoms with Gasteiger partial charge >= 0.3 is 5.97 Å². The van der Waals surface area contributed by atoms with Crippen LogP contribution in [-0.2, 0) is 24.4 Å². The first-order valence-electron chi connectivity index (χ1n) is 12.4. The smallest absolute Gasteiger partial charge is 0.323 e. The van der Waals surface area contributed by atoms with Gasteiger partial charge in [0, 0.05) is 31.9 Å². The van der Waals surface area contributed by atoms with Gasteiger partial charge in [0.2, 0.25) is 15.9 Å². The molecule has 0 saturated carbocycles. The van der Waals surface area contributed by atoms with Crippen LogP contribution in [0, 0.1) is 0 Å². The molecule has 1 aliphatic rings. The standard InChI is InChI=1S/C26H30N6O6S/c33-24(16-21-15-20(31-38-21)7-4-12-27-26-28-13-14-29-26)30-17-23(25(34)35)32-39(36,37)22-10-8-19(9-11-22)18-5-2-1-3-6-18/h1-3,5-6,8-11,13-14,21,23,32H,4,7,12,15-17H2,(H,30,33)(H,34,35)(H2,27,28,29). The Bertz CT molecular complexity index is 1380. The van der Waals surface area contributed by atoms with Gasteiger partial charge in [0.1, 0.15) is 12.1 Å². The van der Waals surface area contributed by atoms with Crippen molar-refractivity contribution in [3.8, 4) is 11.1 Å². The van der Waals surface area contributed by atoms with Gasteiger partial charge in [0.25, 0.3) is 0 Å². The lowest BCUT2D eigenvalue weighted by molar-refractivity contribution is -0.138. The highest BCUT2D eigenvalue weighted by Gasteiger charge is 2.28. The number of hydrogen-bond acceptors (Lipinski definition) is 8. The molecule has 4 rings (SSSR count). The highest BCUT2D eigenvalue weighted by atomic mass is 32.2. The maximum atomic E-state index is 12.8. The van der Waals surface area contributed by atoms with Crippen LogP contribution in [0.5, 0.6) is 0 Å². The zero-order chi connectivity index (χ0) is 27.7. The van der Waals surface area contributed by atoms with Crippen LogP contribution in [0.3, 0.4) is 0 Å². The molecule has 12 nitrogen and oxygen atoms in total. The van der Waals surface area contributed by atoms with Gasteiger partial charge < -0.3 is 25.6 Å². The Kier molecular flexibility index (Phi) is 9.28. The normalized spacial score (nSPS) is 15.7. The Morgan fingerprint density at radius 1 is 1.10 bits per heavy atom. The number of imidazole rings is 1. The zero-order valence-corrected chi connectivity index (χ0v) is 21.9. The number of carboxylic acids is 1. The number of aromatic amines is 1. The van der Waals surface area contributed by atoms with Gasteiger partial charge in [-0.1, -0.05) is 47.6 Å². The fourth-order valence-corrected chi connectivity index (χ4v) is 5.18. The molecule has 39 heavy (non-hydrogen) atoms. The van der Waals surface area contributed by atoms with E-state index in [0.717, 1.165) is 23.3 Å². The van der Waals surface area contributed by atoms with Crippen LogP contribution in [0.2, 0.25) is 0 Å². The molecule has 13 heteroatoms. The lowest BCUT2D eigenvalue weighted by atomic mass is 10.1. The van der Waals surface area contributed by atoms with Crippen molar-refractivity contribution in [3.63, 3.8) is 0 Å². The van der Waals surface area contributed by atoms with Crippen LogP contribution in [0.4, 0.5) is 5.95 Å². The van der Waals surface area contributed by atoms with Crippen LogP contribution in [-0.4, -0.2) is 66.3 Å². The predicted octanol–water partition coefficient (Wildman–Crippen LogP) is 2.35. The molecule has 0 fully saturated rings. The van der Waals surface area contributed by atoms with Crippen LogP contribution < -0.4 is 15.4 Å². The number of rotatable bonds is 14. The number of benzene rings is 2. The third-order valence-corrected chi connectivity index (χ3v) is 7.50. The van der Waals surface area contributed by atoms with Gasteiger partial charge in [-0.05, 0) is 36.1 Å². The number of sulfonamides is 1. The number of nitrogens with one attached hydrogen (secondary N) is 4. The third kappa shape index (κ3) is 8.12. The average Bonchev–Trinajstić information content (AvgIpc) is 3.62. The Hall–Kier alpha value is -4.23. The summed E-state index contributed by atoms with van der Waals surface area (Å²) in [5.74, 6) is -1.18. The Labute approximate surface area is 225 Å². The number of aromatic nitrogens is 2. The van der Waals surface area contributed by atoms with Crippen molar-refractivity contribution in [2.45, 2.75) is 42.7 Å². The number of oxime groups is 1. The lowest BCUT2D eigenvalue weighted by Crippen LogP contribution is -2.48. The largest absolute Gasteiger partial charge is 0.480 e. The molecular weight excluding hydrogens is 524 g/mol. The molecule has 2 heterocycles. The summed E-state index contributed by atoms with van der Waals surface area (Å²) in [5, 5.41) is 19.2. The summed E-state index contributed by atoms with van der Waals surface area (Å²) in [5.41, 5.74) is 2.58. The minimum atomic E-state index is -4.14. The number of aliphatic carboxylic acids is 1. The van der Waals surface area contributed by atoms with Gasteiger partial charge in [0.15, 0.2) is 5.95 Å². The third-order valence-electron chi connectivity index (χ3n) is 6.01. The van der Waals surface area contributed by atoms with E-state index in [1.807, 2.05) is 30.3 Å². The van der Waals surface area contributed by atoms with E-state index in [0.29, 0.717) is 25.3 Å². The zero-order valence-electron chi connectivity index (χ0n) is 21.0. The molecule has 1 amide bonds. The number of anilines is 1. The van der Waals surface area contributed by atoms with Crippen LogP contribution in [0.25, 0.3) is 11.1 Å². The summed E-state index contributed by atoms with van der Waals surface area (Å²) < 4.78 is 27.7. The van der Waals surface area contributed by atoms with Crippen molar-refractivity contribution in [1.29, 1.82) is 0 Å². The fraction of sp³-hybridized carbons (Fsp3) is 0.308. The van der Waals surface area contributed by atoms with Gasteiger partial charge in [0.05, 0.1) is 17.0 Å². The van der Waals surface area contributed by atoms with E-state index in [1.165, 1.54) is 12.1 Å².